The lowest BCUT2D eigenvalue weighted by atomic mass is 10.1. The van der Waals surface area contributed by atoms with Crippen molar-refractivity contribution in [3.63, 3.8) is 0 Å². The molecule has 44 heavy (non-hydrogen) atoms. The largest absolute Gasteiger partial charge is 0.494 e. The van der Waals surface area contributed by atoms with E-state index >= 15 is 0 Å². The molecular weight excluding hydrogens is 556 g/mol. The number of hydrogen-bond donors (Lipinski definition) is 1. The molecule has 1 aromatic heterocycles. The molecule has 1 atom stereocenters. The summed E-state index contributed by atoms with van der Waals surface area (Å²) >= 11 is 0. The van der Waals surface area contributed by atoms with Crippen LogP contribution < -0.4 is 15.6 Å². The molecule has 0 aliphatic rings. The van der Waals surface area contributed by atoms with Gasteiger partial charge in [0.15, 0.2) is 0 Å². The first-order valence-electron chi connectivity index (χ1n) is 14.5. The Morgan fingerprint density at radius 2 is 1.55 bits per heavy atom. The van der Waals surface area contributed by atoms with Gasteiger partial charge in [0.05, 0.1) is 41.4 Å². The Labute approximate surface area is 255 Å². The third-order valence-corrected chi connectivity index (χ3v) is 7.15. The van der Waals surface area contributed by atoms with Crippen molar-refractivity contribution in [3.8, 4) is 11.4 Å². The van der Waals surface area contributed by atoms with Crippen LogP contribution in [0.1, 0.15) is 48.6 Å². The first-order chi connectivity index (χ1) is 21.4. The van der Waals surface area contributed by atoms with Crippen molar-refractivity contribution >= 4 is 28.6 Å². The number of esters is 1. The van der Waals surface area contributed by atoms with Gasteiger partial charge in [-0.3, -0.25) is 9.36 Å². The molecule has 2 amide bonds. The van der Waals surface area contributed by atoms with Crippen molar-refractivity contribution in [2.45, 2.75) is 33.4 Å². The zero-order valence-corrected chi connectivity index (χ0v) is 24.9. The molecule has 0 saturated heterocycles. The maximum Gasteiger partial charge on any atom is 0.338 e. The van der Waals surface area contributed by atoms with E-state index in [1.54, 1.807) is 58.9 Å². The third-order valence-electron chi connectivity index (χ3n) is 7.15. The summed E-state index contributed by atoms with van der Waals surface area (Å²) in [5.41, 5.74) is 2.70. The Morgan fingerprint density at radius 3 is 2.23 bits per heavy atom. The summed E-state index contributed by atoms with van der Waals surface area (Å²) in [5.74, 6) is 0.660. The highest BCUT2D eigenvalue weighted by atomic mass is 16.5. The molecular formula is C35H34N4O5. The molecule has 0 saturated carbocycles. The van der Waals surface area contributed by atoms with Gasteiger partial charge < -0.3 is 19.7 Å². The van der Waals surface area contributed by atoms with Gasteiger partial charge in [-0.25, -0.2) is 14.6 Å². The zero-order valence-electron chi connectivity index (χ0n) is 24.9. The van der Waals surface area contributed by atoms with E-state index in [-0.39, 0.29) is 18.7 Å². The number of nitrogens with one attached hydrogen (secondary N) is 1. The third kappa shape index (κ3) is 6.62. The quantitative estimate of drug-likeness (QED) is 0.180. The van der Waals surface area contributed by atoms with Crippen LogP contribution in [-0.2, 0) is 11.3 Å². The molecule has 0 aliphatic carbocycles. The molecule has 9 nitrogen and oxygen atoms in total. The van der Waals surface area contributed by atoms with Crippen molar-refractivity contribution in [1.29, 1.82) is 0 Å². The number of carbonyl (C=O) groups is 2. The smallest absolute Gasteiger partial charge is 0.338 e. The Morgan fingerprint density at radius 1 is 0.864 bits per heavy atom. The van der Waals surface area contributed by atoms with Crippen molar-refractivity contribution in [1.82, 2.24) is 14.5 Å². The van der Waals surface area contributed by atoms with Crippen LogP contribution in [0.25, 0.3) is 16.6 Å². The van der Waals surface area contributed by atoms with E-state index < -0.39 is 18.0 Å². The minimum Gasteiger partial charge on any atom is -0.494 e. The lowest BCUT2D eigenvalue weighted by Gasteiger charge is -2.31. The van der Waals surface area contributed by atoms with Gasteiger partial charge >= 0.3 is 12.0 Å². The molecule has 1 N–H and O–H groups in total. The van der Waals surface area contributed by atoms with E-state index in [4.69, 9.17) is 14.5 Å². The fourth-order valence-corrected chi connectivity index (χ4v) is 4.94. The maximum absolute atomic E-state index is 14.0. The van der Waals surface area contributed by atoms with E-state index in [0.717, 1.165) is 5.56 Å². The van der Waals surface area contributed by atoms with Gasteiger partial charge in [0.1, 0.15) is 11.6 Å². The Bertz CT molecular complexity index is 1800. The molecule has 0 bridgehead atoms. The summed E-state index contributed by atoms with van der Waals surface area (Å²) in [5, 5.41) is 3.42. The summed E-state index contributed by atoms with van der Waals surface area (Å²) < 4.78 is 12.2. The number of hydrogen-bond acceptors (Lipinski definition) is 6. The number of anilines is 1. The van der Waals surface area contributed by atoms with Crippen LogP contribution in [0.3, 0.4) is 0 Å². The molecule has 0 aliphatic heterocycles. The fourth-order valence-electron chi connectivity index (χ4n) is 4.94. The molecule has 9 heteroatoms. The van der Waals surface area contributed by atoms with E-state index in [0.29, 0.717) is 46.0 Å². The number of benzene rings is 4. The molecule has 5 rings (SSSR count). The highest BCUT2D eigenvalue weighted by molar-refractivity contribution is 5.92. The normalized spacial score (nSPS) is 11.5. The minimum atomic E-state index is -0.641. The van der Waals surface area contributed by atoms with Crippen molar-refractivity contribution in [2.24, 2.45) is 0 Å². The topological polar surface area (TPSA) is 103 Å². The van der Waals surface area contributed by atoms with Crippen LogP contribution in [0.2, 0.25) is 0 Å². The average molecular weight is 591 g/mol. The number of amides is 2. The fraction of sp³-hybridized carbons (Fsp3) is 0.200. The lowest BCUT2D eigenvalue weighted by molar-refractivity contribution is 0.0526. The van der Waals surface area contributed by atoms with Crippen LogP contribution in [0.4, 0.5) is 10.5 Å². The summed E-state index contributed by atoms with van der Waals surface area (Å²) in [6, 6.07) is 29.5. The summed E-state index contributed by atoms with van der Waals surface area (Å²) in [6.07, 6.45) is 0. The highest BCUT2D eigenvalue weighted by Crippen LogP contribution is 2.26. The number of para-hydroxylation sites is 1. The Balaban J connectivity index is 1.56. The van der Waals surface area contributed by atoms with Crippen molar-refractivity contribution in [2.75, 3.05) is 18.5 Å². The number of aromatic nitrogens is 2. The van der Waals surface area contributed by atoms with Gasteiger partial charge in [0, 0.05) is 12.2 Å². The van der Waals surface area contributed by atoms with Crippen LogP contribution in [0.5, 0.6) is 5.75 Å². The van der Waals surface area contributed by atoms with Crippen LogP contribution >= 0.6 is 0 Å². The number of fused-ring (bicyclic) bond motifs is 1. The second-order valence-corrected chi connectivity index (χ2v) is 10.1. The minimum absolute atomic E-state index is 0.240. The van der Waals surface area contributed by atoms with Gasteiger partial charge in [-0.05, 0) is 87.0 Å². The SMILES string of the molecule is CCOC(=O)c1ccc(NC(=O)N(Cc2ccccc2)C(C)c2nc3ccccc3c(=O)n2-c2ccc(OCC)cc2)cc1. The second kappa shape index (κ2) is 13.7. The molecule has 1 unspecified atom stereocenters. The molecule has 4 aromatic carbocycles. The van der Waals surface area contributed by atoms with Gasteiger partial charge in [0.2, 0.25) is 0 Å². The molecule has 224 valence electrons. The summed E-state index contributed by atoms with van der Waals surface area (Å²) in [4.78, 5) is 46.6. The first kappa shape index (κ1) is 30.0. The van der Waals surface area contributed by atoms with Crippen LogP contribution in [-0.4, -0.2) is 39.7 Å². The molecule has 0 spiro atoms. The van der Waals surface area contributed by atoms with E-state index in [1.807, 2.05) is 74.5 Å². The molecule has 0 radical (unpaired) electrons. The predicted octanol–water partition coefficient (Wildman–Crippen LogP) is 6.76. The van der Waals surface area contributed by atoms with Gasteiger partial charge in [-0.15, -0.1) is 0 Å². The number of rotatable bonds is 10. The highest BCUT2D eigenvalue weighted by Gasteiger charge is 2.27. The van der Waals surface area contributed by atoms with Crippen molar-refractivity contribution in [3.05, 3.63) is 130 Å². The standard InChI is InChI=1S/C35H34N4O5/c1-4-43-29-21-19-28(20-22-29)39-32(37-31-14-10-9-13-30(31)33(39)40)24(3)38(23-25-11-7-6-8-12-25)35(42)36-27-17-15-26(16-18-27)34(41)44-5-2/h6-22,24H,4-5,23H2,1-3H3,(H,36,42). The molecule has 0 fully saturated rings. The average Bonchev–Trinajstić information content (AvgIpc) is 3.05. The second-order valence-electron chi connectivity index (χ2n) is 10.1. The molecule has 5 aromatic rings. The van der Waals surface area contributed by atoms with Gasteiger partial charge in [-0.2, -0.15) is 0 Å². The zero-order chi connectivity index (χ0) is 31.1. The number of ether oxygens (including phenoxy) is 2. The summed E-state index contributed by atoms with van der Waals surface area (Å²) in [6.45, 7) is 6.55. The van der Waals surface area contributed by atoms with Crippen LogP contribution in [0.15, 0.2) is 108 Å². The Hall–Kier alpha value is -5.44. The number of carbonyl (C=O) groups excluding carboxylic acids is 2. The first-order valence-corrected chi connectivity index (χ1v) is 14.5. The molecule has 1 heterocycles. The van der Waals surface area contributed by atoms with E-state index in [1.165, 1.54) is 0 Å². The maximum atomic E-state index is 14.0. The van der Waals surface area contributed by atoms with Crippen molar-refractivity contribution < 1.29 is 19.1 Å². The Kier molecular flexibility index (Phi) is 9.34. The lowest BCUT2D eigenvalue weighted by Crippen LogP contribution is -2.39. The summed E-state index contributed by atoms with van der Waals surface area (Å²) in [7, 11) is 0. The van der Waals surface area contributed by atoms with Gasteiger partial charge in [0.25, 0.3) is 5.56 Å². The van der Waals surface area contributed by atoms with E-state index in [9.17, 15) is 14.4 Å². The number of nitrogens with zero attached hydrogens (tertiary/aromatic N) is 3. The number of urea groups is 1. The predicted molar refractivity (Wildman–Crippen MR) is 170 cm³/mol. The monoisotopic (exact) mass is 590 g/mol. The van der Waals surface area contributed by atoms with Crippen LogP contribution in [0, 0.1) is 0 Å². The van der Waals surface area contributed by atoms with E-state index in [2.05, 4.69) is 5.32 Å². The van der Waals surface area contributed by atoms with Gasteiger partial charge in [-0.1, -0.05) is 42.5 Å².